The topological polar surface area (TPSA) is 24.5 Å². The Balaban J connectivity index is 2.13. The zero-order valence-electron chi connectivity index (χ0n) is 13.1. The Kier molecular flexibility index (Phi) is 5.86. The van der Waals surface area contributed by atoms with E-state index >= 15 is 0 Å². The van der Waals surface area contributed by atoms with Gasteiger partial charge in [-0.25, -0.2) is 0 Å². The number of ether oxygens (including phenoxy) is 1. The van der Waals surface area contributed by atoms with Crippen LogP contribution in [0.1, 0.15) is 44.7 Å². The van der Waals surface area contributed by atoms with Crippen molar-refractivity contribution in [2.75, 3.05) is 31.7 Å². The summed E-state index contributed by atoms with van der Waals surface area (Å²) in [4.78, 5) is 2.45. The maximum atomic E-state index is 5.48. The Hall–Kier alpha value is -1.06. The van der Waals surface area contributed by atoms with Gasteiger partial charge in [0, 0.05) is 38.0 Å². The zero-order valence-corrected chi connectivity index (χ0v) is 13.1. The van der Waals surface area contributed by atoms with E-state index < -0.39 is 0 Å². The monoisotopic (exact) mass is 276 g/mol. The second-order valence-corrected chi connectivity index (χ2v) is 5.69. The molecule has 1 fully saturated rings. The van der Waals surface area contributed by atoms with Crippen LogP contribution in [0.4, 0.5) is 5.69 Å². The minimum Gasteiger partial charge on any atom is -0.381 e. The molecule has 1 aromatic carbocycles. The van der Waals surface area contributed by atoms with Crippen LogP contribution in [0.5, 0.6) is 0 Å². The van der Waals surface area contributed by atoms with Crippen LogP contribution in [0, 0.1) is 0 Å². The van der Waals surface area contributed by atoms with Gasteiger partial charge in [-0.05, 0) is 44.4 Å². The van der Waals surface area contributed by atoms with Crippen LogP contribution in [-0.2, 0) is 4.74 Å². The van der Waals surface area contributed by atoms with Gasteiger partial charge in [0.15, 0.2) is 0 Å². The molecule has 3 nitrogen and oxygen atoms in total. The number of benzene rings is 1. The normalized spacial score (nSPS) is 17.9. The summed E-state index contributed by atoms with van der Waals surface area (Å²) in [6.45, 7) is 7.31. The van der Waals surface area contributed by atoms with Crippen molar-refractivity contribution >= 4 is 5.69 Å². The average Bonchev–Trinajstić information content (AvgIpc) is 2.52. The lowest BCUT2D eigenvalue weighted by atomic mass is 10.0. The number of hydrogen-bond acceptors (Lipinski definition) is 3. The first-order chi connectivity index (χ1) is 9.74. The fraction of sp³-hybridized carbons (Fsp3) is 0.647. The molecule has 0 aromatic heterocycles. The van der Waals surface area contributed by atoms with E-state index in [0.29, 0.717) is 12.1 Å². The molecule has 0 spiro atoms. The summed E-state index contributed by atoms with van der Waals surface area (Å²) in [7, 11) is 2.22. The van der Waals surface area contributed by atoms with Crippen LogP contribution in [0.15, 0.2) is 24.3 Å². The standard InChI is InChI=1S/C17H28N2O/c1-4-11-18-14(2)16-7-5-6-8-17(16)19(3)15-9-12-20-13-10-15/h5-8,14-15,18H,4,9-13H2,1-3H3. The second-order valence-electron chi connectivity index (χ2n) is 5.69. The molecule has 0 radical (unpaired) electrons. The second kappa shape index (κ2) is 7.65. The predicted octanol–water partition coefficient (Wildman–Crippen LogP) is 3.36. The van der Waals surface area contributed by atoms with Gasteiger partial charge in [-0.15, -0.1) is 0 Å². The molecule has 3 heteroatoms. The minimum atomic E-state index is 0.397. The van der Waals surface area contributed by atoms with Gasteiger partial charge in [-0.1, -0.05) is 25.1 Å². The van der Waals surface area contributed by atoms with Gasteiger partial charge in [-0.3, -0.25) is 0 Å². The van der Waals surface area contributed by atoms with Crippen molar-refractivity contribution < 1.29 is 4.74 Å². The smallest absolute Gasteiger partial charge is 0.0485 e. The van der Waals surface area contributed by atoms with Gasteiger partial charge in [0.1, 0.15) is 0 Å². The number of rotatable bonds is 6. The van der Waals surface area contributed by atoms with Crippen molar-refractivity contribution in [3.8, 4) is 0 Å². The van der Waals surface area contributed by atoms with Gasteiger partial charge in [0.2, 0.25) is 0 Å². The Morgan fingerprint density at radius 2 is 2.00 bits per heavy atom. The summed E-state index contributed by atoms with van der Waals surface area (Å²) in [6, 6.07) is 9.77. The van der Waals surface area contributed by atoms with Crippen molar-refractivity contribution in [2.24, 2.45) is 0 Å². The van der Waals surface area contributed by atoms with E-state index in [9.17, 15) is 0 Å². The van der Waals surface area contributed by atoms with Crippen LogP contribution in [-0.4, -0.2) is 32.8 Å². The average molecular weight is 276 g/mol. The molecule has 1 aliphatic rings. The number of hydrogen-bond donors (Lipinski definition) is 1. The number of para-hydroxylation sites is 1. The summed E-state index contributed by atoms with van der Waals surface area (Å²) in [6.07, 6.45) is 3.42. The first kappa shape index (κ1) is 15.3. The van der Waals surface area contributed by atoms with Gasteiger partial charge in [0.05, 0.1) is 0 Å². The summed E-state index contributed by atoms with van der Waals surface area (Å²) >= 11 is 0. The molecule has 1 unspecified atom stereocenters. The lowest BCUT2D eigenvalue weighted by Gasteiger charge is -2.35. The van der Waals surface area contributed by atoms with E-state index in [1.165, 1.54) is 17.7 Å². The van der Waals surface area contributed by atoms with Crippen LogP contribution < -0.4 is 10.2 Å². The number of nitrogens with one attached hydrogen (secondary N) is 1. The molecule has 0 aliphatic carbocycles. The van der Waals surface area contributed by atoms with E-state index in [1.54, 1.807) is 0 Å². The molecule has 20 heavy (non-hydrogen) atoms. The molecular weight excluding hydrogens is 248 g/mol. The highest BCUT2D eigenvalue weighted by Crippen LogP contribution is 2.29. The molecule has 1 aliphatic heterocycles. The lowest BCUT2D eigenvalue weighted by Crippen LogP contribution is -2.37. The van der Waals surface area contributed by atoms with Crippen LogP contribution in [0.2, 0.25) is 0 Å². The third-order valence-electron chi connectivity index (χ3n) is 4.22. The van der Waals surface area contributed by atoms with Crippen LogP contribution in [0.25, 0.3) is 0 Å². The highest BCUT2D eigenvalue weighted by Gasteiger charge is 2.21. The molecule has 1 atom stereocenters. The summed E-state index contributed by atoms with van der Waals surface area (Å²) < 4.78 is 5.48. The van der Waals surface area contributed by atoms with E-state index in [-0.39, 0.29) is 0 Å². The summed E-state index contributed by atoms with van der Waals surface area (Å²) in [5, 5.41) is 3.60. The van der Waals surface area contributed by atoms with Crippen LogP contribution >= 0.6 is 0 Å². The molecule has 2 rings (SSSR count). The molecule has 1 heterocycles. The maximum absolute atomic E-state index is 5.48. The number of nitrogens with zero attached hydrogens (tertiary/aromatic N) is 1. The fourth-order valence-corrected chi connectivity index (χ4v) is 2.91. The van der Waals surface area contributed by atoms with Crippen molar-refractivity contribution in [3.63, 3.8) is 0 Å². The first-order valence-electron chi connectivity index (χ1n) is 7.87. The van der Waals surface area contributed by atoms with Gasteiger partial charge in [0.25, 0.3) is 0 Å². The molecule has 0 bridgehead atoms. The molecule has 1 N–H and O–H groups in total. The molecule has 0 saturated carbocycles. The Morgan fingerprint density at radius 1 is 1.30 bits per heavy atom. The van der Waals surface area contributed by atoms with E-state index in [4.69, 9.17) is 4.74 Å². The molecule has 1 saturated heterocycles. The van der Waals surface area contributed by atoms with E-state index in [0.717, 1.165) is 32.6 Å². The van der Waals surface area contributed by atoms with Crippen molar-refractivity contribution in [1.82, 2.24) is 5.32 Å². The first-order valence-corrected chi connectivity index (χ1v) is 7.87. The highest BCUT2D eigenvalue weighted by molar-refractivity contribution is 5.55. The Labute approximate surface area is 123 Å². The zero-order chi connectivity index (χ0) is 14.4. The molecule has 112 valence electrons. The van der Waals surface area contributed by atoms with Gasteiger partial charge >= 0.3 is 0 Å². The third-order valence-corrected chi connectivity index (χ3v) is 4.22. The minimum absolute atomic E-state index is 0.397. The number of anilines is 1. The molecule has 0 amide bonds. The van der Waals surface area contributed by atoms with Gasteiger partial charge < -0.3 is 15.0 Å². The van der Waals surface area contributed by atoms with E-state index in [1.807, 2.05) is 0 Å². The summed E-state index contributed by atoms with van der Waals surface area (Å²) in [5.41, 5.74) is 2.76. The molecular formula is C17H28N2O. The quantitative estimate of drug-likeness (QED) is 0.862. The lowest BCUT2D eigenvalue weighted by molar-refractivity contribution is 0.0854. The molecule has 1 aromatic rings. The fourth-order valence-electron chi connectivity index (χ4n) is 2.91. The third kappa shape index (κ3) is 3.74. The highest BCUT2D eigenvalue weighted by atomic mass is 16.5. The van der Waals surface area contributed by atoms with Gasteiger partial charge in [-0.2, -0.15) is 0 Å². The summed E-state index contributed by atoms with van der Waals surface area (Å²) in [5.74, 6) is 0. The largest absolute Gasteiger partial charge is 0.381 e. The van der Waals surface area contributed by atoms with Crippen LogP contribution in [0.3, 0.4) is 0 Å². The van der Waals surface area contributed by atoms with E-state index in [2.05, 4.69) is 55.4 Å². The Morgan fingerprint density at radius 3 is 2.70 bits per heavy atom. The Bertz CT molecular complexity index is 402. The van der Waals surface area contributed by atoms with Crippen molar-refractivity contribution in [2.45, 2.75) is 45.2 Å². The maximum Gasteiger partial charge on any atom is 0.0485 e. The predicted molar refractivity (Wildman–Crippen MR) is 85.4 cm³/mol. The SMILES string of the molecule is CCCNC(C)c1ccccc1N(C)C1CCOCC1. The van der Waals surface area contributed by atoms with Crippen molar-refractivity contribution in [1.29, 1.82) is 0 Å². The van der Waals surface area contributed by atoms with Crippen molar-refractivity contribution in [3.05, 3.63) is 29.8 Å².